The molecule has 0 fully saturated rings. The Labute approximate surface area is 186 Å². The van der Waals surface area contributed by atoms with Gasteiger partial charge in [0.2, 0.25) is 0 Å². The summed E-state index contributed by atoms with van der Waals surface area (Å²) in [6.45, 7) is 0. The molecule has 0 radical (unpaired) electrons. The van der Waals surface area contributed by atoms with Crippen molar-refractivity contribution >= 4 is 56.5 Å². The lowest BCUT2D eigenvalue weighted by atomic mass is 9.83. The van der Waals surface area contributed by atoms with Crippen LogP contribution in [0.3, 0.4) is 0 Å². The molecule has 0 saturated carbocycles. The number of hydrogen-bond donors (Lipinski definition) is 3. The summed E-state index contributed by atoms with van der Waals surface area (Å²) < 4.78 is 33.9. The van der Waals surface area contributed by atoms with Gasteiger partial charge in [0.15, 0.2) is 4.75 Å². The maximum Gasteiger partial charge on any atom is 0.283 e. The Morgan fingerprint density at radius 2 is 1.28 bits per heavy atom. The molecule has 0 aliphatic rings. The van der Waals surface area contributed by atoms with E-state index in [9.17, 15) is 23.2 Å². The summed E-state index contributed by atoms with van der Waals surface area (Å²) in [6, 6.07) is 11.4. The Bertz CT molecular complexity index is 1170. The number of benzene rings is 3. The molecule has 3 aromatic carbocycles. The van der Waals surface area contributed by atoms with Gasteiger partial charge in [0.1, 0.15) is 11.5 Å². The van der Waals surface area contributed by atoms with Crippen molar-refractivity contribution in [2.75, 3.05) is 0 Å². The van der Waals surface area contributed by atoms with Crippen molar-refractivity contribution in [2.45, 2.75) is 4.75 Å². The largest absolute Gasteiger partial charge is 0.507 e. The van der Waals surface area contributed by atoms with E-state index < -0.39 is 26.4 Å². The SMILES string of the molecule is O=S(=O)(O)C(c1ccc(Cl)cc1)(c1ccc(Cl)c(O)c1)c1c(O)cc(Cl)cc1Cl. The number of phenols is 2. The highest BCUT2D eigenvalue weighted by atomic mass is 35.5. The molecule has 10 heteroatoms. The molecule has 152 valence electrons. The lowest BCUT2D eigenvalue weighted by Gasteiger charge is -2.33. The van der Waals surface area contributed by atoms with E-state index in [1.54, 1.807) is 0 Å². The Kier molecular flexibility index (Phi) is 5.98. The zero-order valence-electron chi connectivity index (χ0n) is 14.3. The van der Waals surface area contributed by atoms with Crippen LogP contribution >= 0.6 is 46.4 Å². The predicted octanol–water partition coefficient (Wildman–Crippen LogP) is 5.89. The van der Waals surface area contributed by atoms with Gasteiger partial charge in [0.05, 0.1) is 10.0 Å². The van der Waals surface area contributed by atoms with Gasteiger partial charge in [-0.25, -0.2) is 0 Å². The molecule has 5 nitrogen and oxygen atoms in total. The van der Waals surface area contributed by atoms with Crippen molar-refractivity contribution in [3.05, 3.63) is 91.4 Å². The molecule has 0 aromatic heterocycles. The third-order valence-corrected chi connectivity index (χ3v) is 6.91. The highest BCUT2D eigenvalue weighted by Gasteiger charge is 2.51. The van der Waals surface area contributed by atoms with Crippen LogP contribution in [0.25, 0.3) is 0 Å². The average Bonchev–Trinajstić information content (AvgIpc) is 2.60. The molecule has 0 aliphatic heterocycles. The molecule has 3 rings (SSSR count). The molecule has 0 bridgehead atoms. The van der Waals surface area contributed by atoms with Crippen molar-refractivity contribution in [1.82, 2.24) is 0 Å². The maximum absolute atomic E-state index is 12.9. The minimum absolute atomic E-state index is 0.00523. The monoisotopic (exact) mass is 492 g/mol. The summed E-state index contributed by atoms with van der Waals surface area (Å²) in [6.07, 6.45) is 0. The first-order valence-electron chi connectivity index (χ1n) is 7.89. The first kappa shape index (κ1) is 22.0. The highest BCUT2D eigenvalue weighted by molar-refractivity contribution is 7.87. The topological polar surface area (TPSA) is 94.8 Å². The number of aromatic hydroxyl groups is 2. The second-order valence-electron chi connectivity index (χ2n) is 6.11. The molecule has 29 heavy (non-hydrogen) atoms. The standard InChI is InChI=1S/C19H12Cl4O5S/c20-12-4-1-10(2-5-12)19(29(26,27)28,11-3-6-14(22)16(24)7-11)18-15(23)8-13(21)9-17(18)25/h1-9,24-25H,(H,26,27,28). The normalized spacial score (nSPS) is 13.8. The molecule has 3 aromatic rings. The summed E-state index contributed by atoms with van der Waals surface area (Å²) in [5.41, 5.74) is -0.468. The van der Waals surface area contributed by atoms with Gasteiger partial charge in [-0.1, -0.05) is 64.6 Å². The van der Waals surface area contributed by atoms with Gasteiger partial charge >= 0.3 is 0 Å². The van der Waals surface area contributed by atoms with E-state index in [1.807, 2.05) is 0 Å². The van der Waals surface area contributed by atoms with Crippen molar-refractivity contribution in [2.24, 2.45) is 0 Å². The Morgan fingerprint density at radius 3 is 1.79 bits per heavy atom. The van der Waals surface area contributed by atoms with E-state index in [2.05, 4.69) is 0 Å². The quantitative estimate of drug-likeness (QED) is 0.311. The molecular formula is C19H12Cl4O5S. The Hall–Kier alpha value is -1.67. The van der Waals surface area contributed by atoms with Crippen LogP contribution in [0.5, 0.6) is 11.5 Å². The second kappa shape index (κ2) is 7.87. The van der Waals surface area contributed by atoms with Gasteiger partial charge in [-0.15, -0.1) is 0 Å². The lowest BCUT2D eigenvalue weighted by Crippen LogP contribution is -2.38. The zero-order chi connectivity index (χ0) is 21.6. The van der Waals surface area contributed by atoms with Crippen molar-refractivity contribution in [3.8, 4) is 11.5 Å². The Balaban J connectivity index is 2.58. The van der Waals surface area contributed by atoms with Crippen molar-refractivity contribution in [1.29, 1.82) is 0 Å². The molecule has 0 saturated heterocycles. The van der Waals surface area contributed by atoms with Gasteiger partial charge in [-0.3, -0.25) is 4.55 Å². The van der Waals surface area contributed by atoms with E-state index in [0.29, 0.717) is 5.02 Å². The summed E-state index contributed by atoms with van der Waals surface area (Å²) >= 11 is 24.0. The number of halogens is 4. The maximum atomic E-state index is 12.9. The van der Waals surface area contributed by atoms with Gasteiger partial charge < -0.3 is 10.2 Å². The summed E-state index contributed by atoms with van der Waals surface area (Å²) in [4.78, 5) is 0. The minimum atomic E-state index is -5.07. The summed E-state index contributed by atoms with van der Waals surface area (Å²) in [5, 5.41) is 20.8. The van der Waals surface area contributed by atoms with Crippen LogP contribution in [0.1, 0.15) is 16.7 Å². The van der Waals surface area contributed by atoms with Gasteiger partial charge in [0.25, 0.3) is 10.1 Å². The predicted molar refractivity (Wildman–Crippen MR) is 114 cm³/mol. The fourth-order valence-corrected chi connectivity index (χ4v) is 5.46. The Morgan fingerprint density at radius 1 is 0.690 bits per heavy atom. The molecule has 0 spiro atoms. The molecule has 3 N–H and O–H groups in total. The van der Waals surface area contributed by atoms with Crippen LogP contribution in [-0.4, -0.2) is 23.2 Å². The first-order chi connectivity index (χ1) is 13.5. The second-order valence-corrected chi connectivity index (χ2v) is 9.36. The van der Waals surface area contributed by atoms with Crippen LogP contribution in [0.4, 0.5) is 0 Å². The van der Waals surface area contributed by atoms with Crippen LogP contribution in [0, 0.1) is 0 Å². The van der Waals surface area contributed by atoms with Crippen LogP contribution < -0.4 is 0 Å². The van der Waals surface area contributed by atoms with Crippen molar-refractivity contribution in [3.63, 3.8) is 0 Å². The molecule has 0 heterocycles. The molecule has 1 atom stereocenters. The van der Waals surface area contributed by atoms with E-state index in [1.165, 1.54) is 42.5 Å². The molecular weight excluding hydrogens is 482 g/mol. The molecule has 0 amide bonds. The van der Waals surface area contributed by atoms with Crippen LogP contribution in [-0.2, 0) is 14.9 Å². The summed E-state index contributed by atoms with van der Waals surface area (Å²) in [5.74, 6) is -1.01. The average molecular weight is 494 g/mol. The van der Waals surface area contributed by atoms with E-state index >= 15 is 0 Å². The van der Waals surface area contributed by atoms with Gasteiger partial charge in [0, 0.05) is 15.6 Å². The van der Waals surface area contributed by atoms with Crippen molar-refractivity contribution < 1.29 is 23.2 Å². The number of hydrogen-bond acceptors (Lipinski definition) is 4. The van der Waals surface area contributed by atoms with Gasteiger partial charge in [-0.05, 0) is 47.5 Å². The summed E-state index contributed by atoms with van der Waals surface area (Å²) in [7, 11) is -5.07. The molecule has 0 aliphatic carbocycles. The lowest BCUT2D eigenvalue weighted by molar-refractivity contribution is 0.439. The number of phenolic OH excluding ortho intramolecular Hbond substituents is 2. The third-order valence-electron chi connectivity index (χ3n) is 4.38. The van der Waals surface area contributed by atoms with Gasteiger partial charge in [-0.2, -0.15) is 8.42 Å². The van der Waals surface area contributed by atoms with E-state index in [4.69, 9.17) is 46.4 Å². The first-order valence-corrected chi connectivity index (χ1v) is 10.8. The third kappa shape index (κ3) is 3.77. The minimum Gasteiger partial charge on any atom is -0.507 e. The highest BCUT2D eigenvalue weighted by Crippen LogP contribution is 2.51. The number of rotatable bonds is 4. The van der Waals surface area contributed by atoms with E-state index in [-0.39, 0.29) is 31.8 Å². The fourth-order valence-electron chi connectivity index (χ4n) is 3.21. The smallest absolute Gasteiger partial charge is 0.283 e. The molecule has 1 unspecified atom stereocenters. The zero-order valence-corrected chi connectivity index (χ0v) is 18.1. The fraction of sp³-hybridized carbons (Fsp3) is 0.0526. The van der Waals surface area contributed by atoms with Crippen LogP contribution in [0.15, 0.2) is 54.6 Å². The van der Waals surface area contributed by atoms with E-state index in [0.717, 1.165) is 12.1 Å². The van der Waals surface area contributed by atoms with Crippen LogP contribution in [0.2, 0.25) is 20.1 Å².